The van der Waals surface area contributed by atoms with E-state index in [4.69, 9.17) is 0 Å². The lowest BCUT2D eigenvalue weighted by molar-refractivity contribution is 0.606. The molecule has 0 bridgehead atoms. The van der Waals surface area contributed by atoms with Gasteiger partial charge in [-0.05, 0) is 26.0 Å². The zero-order valence-electron chi connectivity index (χ0n) is 11.9. The van der Waals surface area contributed by atoms with E-state index in [9.17, 15) is 4.39 Å². The van der Waals surface area contributed by atoms with Gasteiger partial charge in [-0.25, -0.2) is 14.4 Å². The quantitative estimate of drug-likeness (QED) is 0.798. The Hall–Kier alpha value is -2.56. The maximum Gasteiger partial charge on any atom is 0.186 e. The van der Waals surface area contributed by atoms with Crippen molar-refractivity contribution in [1.82, 2.24) is 15.0 Å². The number of rotatable bonds is 3. The minimum atomic E-state index is -0.409. The monoisotopic (exact) mass is 282 g/mol. The summed E-state index contributed by atoms with van der Waals surface area (Å²) in [5.74, 6) is 0.302. The van der Waals surface area contributed by atoms with Crippen LogP contribution in [0.1, 0.15) is 12.6 Å². The van der Waals surface area contributed by atoms with Gasteiger partial charge in [-0.15, -0.1) is 0 Å². The Morgan fingerprint density at radius 2 is 1.95 bits per heavy atom. The molecule has 0 fully saturated rings. The lowest BCUT2D eigenvalue weighted by Crippen LogP contribution is -2.07. The van der Waals surface area contributed by atoms with Gasteiger partial charge in [0.15, 0.2) is 17.5 Å². The number of aryl methyl sites for hydroxylation is 1. The second kappa shape index (κ2) is 5.44. The first-order valence-electron chi connectivity index (χ1n) is 6.83. The number of halogens is 1. The van der Waals surface area contributed by atoms with Crippen LogP contribution in [-0.4, -0.2) is 21.5 Å². The molecular formula is C16H15FN4. The Bertz CT molecular complexity index is 796. The van der Waals surface area contributed by atoms with Crippen molar-refractivity contribution in [1.29, 1.82) is 0 Å². The van der Waals surface area contributed by atoms with E-state index in [1.807, 2.05) is 37.3 Å². The summed E-state index contributed by atoms with van der Waals surface area (Å²) >= 11 is 0. The number of nitrogens with zero attached hydrogens (tertiary/aromatic N) is 3. The lowest BCUT2D eigenvalue weighted by Gasteiger charge is -2.10. The molecule has 5 heteroatoms. The van der Waals surface area contributed by atoms with Crippen LogP contribution in [0.25, 0.3) is 22.3 Å². The molecule has 0 aliphatic rings. The molecule has 106 valence electrons. The Kier molecular flexibility index (Phi) is 3.48. The summed E-state index contributed by atoms with van der Waals surface area (Å²) in [6.07, 6.45) is 1.73. The number of nitrogens with one attached hydrogen (secondary N) is 1. The first-order chi connectivity index (χ1) is 10.2. The number of hydrogen-bond acceptors (Lipinski definition) is 4. The molecule has 1 aromatic carbocycles. The Balaban J connectivity index is 2.23. The van der Waals surface area contributed by atoms with Crippen LogP contribution in [0.4, 0.5) is 10.2 Å². The third-order valence-corrected chi connectivity index (χ3v) is 3.23. The van der Waals surface area contributed by atoms with E-state index in [1.165, 1.54) is 0 Å². The van der Waals surface area contributed by atoms with Crippen LogP contribution < -0.4 is 5.32 Å². The molecular weight excluding hydrogens is 267 g/mol. The fraction of sp³-hybridized carbons (Fsp3) is 0.188. The van der Waals surface area contributed by atoms with Gasteiger partial charge >= 0.3 is 0 Å². The Morgan fingerprint density at radius 3 is 2.76 bits per heavy atom. The first kappa shape index (κ1) is 13.4. The van der Waals surface area contributed by atoms with E-state index in [1.54, 1.807) is 13.1 Å². The first-order valence-corrected chi connectivity index (χ1v) is 6.83. The van der Waals surface area contributed by atoms with E-state index in [2.05, 4.69) is 20.3 Å². The van der Waals surface area contributed by atoms with Gasteiger partial charge in [0.05, 0.1) is 11.2 Å². The van der Waals surface area contributed by atoms with E-state index in [0.717, 1.165) is 16.5 Å². The summed E-state index contributed by atoms with van der Waals surface area (Å²) in [7, 11) is 0. The van der Waals surface area contributed by atoms with Crippen LogP contribution in [0.3, 0.4) is 0 Å². The van der Waals surface area contributed by atoms with Crippen molar-refractivity contribution in [2.75, 3.05) is 11.9 Å². The minimum absolute atomic E-state index is 0.230. The second-order valence-corrected chi connectivity index (χ2v) is 4.71. The topological polar surface area (TPSA) is 50.7 Å². The highest BCUT2D eigenvalue weighted by atomic mass is 19.1. The van der Waals surface area contributed by atoms with E-state index in [0.29, 0.717) is 18.1 Å². The summed E-state index contributed by atoms with van der Waals surface area (Å²) in [4.78, 5) is 13.0. The van der Waals surface area contributed by atoms with Gasteiger partial charge in [-0.1, -0.05) is 18.2 Å². The van der Waals surface area contributed by atoms with E-state index < -0.39 is 5.82 Å². The zero-order chi connectivity index (χ0) is 14.8. The van der Waals surface area contributed by atoms with Gasteiger partial charge in [0.25, 0.3) is 0 Å². The Labute approximate surface area is 122 Å². The molecule has 0 saturated heterocycles. The van der Waals surface area contributed by atoms with Crippen LogP contribution in [0.2, 0.25) is 0 Å². The van der Waals surface area contributed by atoms with Gasteiger partial charge in [0, 0.05) is 23.7 Å². The minimum Gasteiger partial charge on any atom is -0.368 e. The number of pyridine rings is 1. The maximum absolute atomic E-state index is 14.0. The number of benzene rings is 1. The van der Waals surface area contributed by atoms with Crippen molar-refractivity contribution in [2.24, 2.45) is 0 Å². The normalized spacial score (nSPS) is 10.8. The van der Waals surface area contributed by atoms with Crippen LogP contribution in [0.5, 0.6) is 0 Å². The fourth-order valence-corrected chi connectivity index (χ4v) is 2.25. The third kappa shape index (κ3) is 2.42. The number of para-hydroxylation sites is 1. The molecule has 0 aliphatic heterocycles. The van der Waals surface area contributed by atoms with Crippen LogP contribution >= 0.6 is 0 Å². The van der Waals surface area contributed by atoms with Crippen molar-refractivity contribution in [3.05, 3.63) is 48.0 Å². The summed E-state index contributed by atoms with van der Waals surface area (Å²) in [5, 5.41) is 3.93. The molecule has 1 N–H and O–H groups in total. The molecule has 21 heavy (non-hydrogen) atoms. The smallest absolute Gasteiger partial charge is 0.186 e. The van der Waals surface area contributed by atoms with Gasteiger partial charge in [-0.2, -0.15) is 0 Å². The Morgan fingerprint density at radius 1 is 1.14 bits per heavy atom. The molecule has 0 atom stereocenters. The molecule has 0 spiro atoms. The second-order valence-electron chi connectivity index (χ2n) is 4.71. The highest BCUT2D eigenvalue weighted by Gasteiger charge is 2.14. The standard InChI is InChI=1S/C16H15FN4/c1-3-18-16-13(17)10(2)20-15(21-16)12-8-4-6-11-7-5-9-19-14(11)12/h4-9H,3H2,1-2H3,(H,18,20,21). The van der Waals surface area contributed by atoms with Crippen molar-refractivity contribution >= 4 is 16.7 Å². The van der Waals surface area contributed by atoms with Gasteiger partial charge in [0.1, 0.15) is 0 Å². The number of fused-ring (bicyclic) bond motifs is 1. The molecule has 3 rings (SSSR count). The predicted octanol–water partition coefficient (Wildman–Crippen LogP) is 3.57. The largest absolute Gasteiger partial charge is 0.368 e. The molecule has 2 aromatic heterocycles. The van der Waals surface area contributed by atoms with Crippen LogP contribution in [0, 0.1) is 12.7 Å². The highest BCUT2D eigenvalue weighted by molar-refractivity contribution is 5.91. The fourth-order valence-electron chi connectivity index (χ4n) is 2.25. The SMILES string of the molecule is CCNc1nc(-c2cccc3cccnc23)nc(C)c1F. The molecule has 0 unspecified atom stereocenters. The third-order valence-electron chi connectivity index (χ3n) is 3.23. The summed E-state index contributed by atoms with van der Waals surface area (Å²) in [6.45, 7) is 4.14. The summed E-state index contributed by atoms with van der Waals surface area (Å²) in [6, 6.07) is 9.67. The molecule has 0 amide bonds. The molecule has 3 aromatic rings. The van der Waals surface area contributed by atoms with Crippen molar-refractivity contribution < 1.29 is 4.39 Å². The average Bonchev–Trinajstić information content (AvgIpc) is 2.51. The van der Waals surface area contributed by atoms with E-state index >= 15 is 0 Å². The molecule has 0 aliphatic carbocycles. The molecule has 4 nitrogen and oxygen atoms in total. The summed E-state index contributed by atoms with van der Waals surface area (Å²) in [5.41, 5.74) is 1.94. The van der Waals surface area contributed by atoms with E-state index in [-0.39, 0.29) is 5.82 Å². The number of hydrogen-bond donors (Lipinski definition) is 1. The van der Waals surface area contributed by atoms with Crippen molar-refractivity contribution in [3.63, 3.8) is 0 Å². The highest BCUT2D eigenvalue weighted by Crippen LogP contribution is 2.26. The van der Waals surface area contributed by atoms with Gasteiger partial charge < -0.3 is 5.32 Å². The van der Waals surface area contributed by atoms with Gasteiger partial charge in [0.2, 0.25) is 0 Å². The predicted molar refractivity (Wildman–Crippen MR) is 81.6 cm³/mol. The van der Waals surface area contributed by atoms with Crippen molar-refractivity contribution in [2.45, 2.75) is 13.8 Å². The van der Waals surface area contributed by atoms with Crippen molar-refractivity contribution in [3.8, 4) is 11.4 Å². The number of aromatic nitrogens is 3. The molecule has 0 radical (unpaired) electrons. The lowest BCUT2D eigenvalue weighted by atomic mass is 10.1. The molecule has 2 heterocycles. The average molecular weight is 282 g/mol. The number of anilines is 1. The van der Waals surface area contributed by atoms with Gasteiger partial charge in [-0.3, -0.25) is 4.98 Å². The zero-order valence-corrected chi connectivity index (χ0v) is 11.9. The maximum atomic E-state index is 14.0. The van der Waals surface area contributed by atoms with Crippen LogP contribution in [0.15, 0.2) is 36.5 Å². The molecule has 0 saturated carbocycles. The van der Waals surface area contributed by atoms with Crippen LogP contribution in [-0.2, 0) is 0 Å². The summed E-state index contributed by atoms with van der Waals surface area (Å²) < 4.78 is 14.0.